The summed E-state index contributed by atoms with van der Waals surface area (Å²) in [6, 6.07) is 9.73. The van der Waals surface area contributed by atoms with E-state index in [2.05, 4.69) is 6.58 Å². The Hall–Kier alpha value is -2.03. The van der Waals surface area contributed by atoms with E-state index >= 15 is 0 Å². The molecule has 0 unspecified atom stereocenters. The molecular weight excluding hydrogens is 240 g/mol. The van der Waals surface area contributed by atoms with Crippen molar-refractivity contribution in [1.29, 1.82) is 0 Å². The standard InChI is InChI=1S/C16H20O3/c1-3-5-12-18-16(17)19-13-15(9-4-2)14-10-7-6-8-11-14/h4,6-8,10-11,13H,2-3,5,9,12H2,1H3. The smallest absolute Gasteiger partial charge is 0.434 e. The summed E-state index contributed by atoms with van der Waals surface area (Å²) >= 11 is 0. The van der Waals surface area contributed by atoms with Crippen LogP contribution in [-0.2, 0) is 9.47 Å². The van der Waals surface area contributed by atoms with Crippen LogP contribution in [0.25, 0.3) is 5.57 Å². The van der Waals surface area contributed by atoms with E-state index in [0.29, 0.717) is 13.0 Å². The first-order chi connectivity index (χ1) is 9.27. The van der Waals surface area contributed by atoms with E-state index in [9.17, 15) is 4.79 Å². The number of unbranched alkanes of at least 4 members (excludes halogenated alkanes) is 1. The molecule has 3 nitrogen and oxygen atoms in total. The highest BCUT2D eigenvalue weighted by Gasteiger charge is 2.04. The molecule has 0 saturated heterocycles. The highest BCUT2D eigenvalue weighted by Crippen LogP contribution is 2.18. The number of hydrogen-bond donors (Lipinski definition) is 0. The second-order valence-corrected chi connectivity index (χ2v) is 4.07. The lowest BCUT2D eigenvalue weighted by molar-refractivity contribution is 0.0838. The fraction of sp³-hybridized carbons (Fsp3) is 0.312. The molecule has 1 rings (SSSR count). The van der Waals surface area contributed by atoms with Gasteiger partial charge in [-0.05, 0) is 24.0 Å². The van der Waals surface area contributed by atoms with Gasteiger partial charge in [-0.25, -0.2) is 4.79 Å². The molecule has 19 heavy (non-hydrogen) atoms. The van der Waals surface area contributed by atoms with Gasteiger partial charge in [0.2, 0.25) is 0 Å². The maximum absolute atomic E-state index is 11.3. The van der Waals surface area contributed by atoms with Gasteiger partial charge in [-0.2, -0.15) is 0 Å². The van der Waals surface area contributed by atoms with Gasteiger partial charge in [0.15, 0.2) is 0 Å². The Morgan fingerprint density at radius 1 is 1.32 bits per heavy atom. The summed E-state index contributed by atoms with van der Waals surface area (Å²) < 4.78 is 9.90. The summed E-state index contributed by atoms with van der Waals surface area (Å²) in [7, 11) is 0. The summed E-state index contributed by atoms with van der Waals surface area (Å²) in [6.07, 6.45) is 5.00. The van der Waals surface area contributed by atoms with Crippen molar-refractivity contribution in [2.75, 3.05) is 6.61 Å². The lowest BCUT2D eigenvalue weighted by Crippen LogP contribution is -2.05. The highest BCUT2D eigenvalue weighted by molar-refractivity contribution is 5.68. The van der Waals surface area contributed by atoms with Gasteiger partial charge in [0, 0.05) is 0 Å². The summed E-state index contributed by atoms with van der Waals surface area (Å²) in [6.45, 7) is 6.13. The Labute approximate surface area is 114 Å². The van der Waals surface area contributed by atoms with Gasteiger partial charge in [0.25, 0.3) is 0 Å². The summed E-state index contributed by atoms with van der Waals surface area (Å²) in [5.41, 5.74) is 1.90. The lowest BCUT2D eigenvalue weighted by atomic mass is 10.0. The molecule has 102 valence electrons. The largest absolute Gasteiger partial charge is 0.513 e. The molecule has 1 aromatic carbocycles. The lowest BCUT2D eigenvalue weighted by Gasteiger charge is -2.06. The van der Waals surface area contributed by atoms with Gasteiger partial charge in [-0.15, -0.1) is 6.58 Å². The Morgan fingerprint density at radius 3 is 2.68 bits per heavy atom. The minimum atomic E-state index is -0.661. The van der Waals surface area contributed by atoms with Crippen LogP contribution in [0.1, 0.15) is 31.7 Å². The fourth-order valence-corrected chi connectivity index (χ4v) is 1.49. The maximum atomic E-state index is 11.3. The van der Waals surface area contributed by atoms with Gasteiger partial charge < -0.3 is 9.47 Å². The first-order valence-electron chi connectivity index (χ1n) is 6.46. The summed E-state index contributed by atoms with van der Waals surface area (Å²) in [5, 5.41) is 0. The number of benzene rings is 1. The van der Waals surface area contributed by atoms with E-state index in [1.54, 1.807) is 6.08 Å². The molecule has 0 aliphatic rings. The molecule has 0 aliphatic carbocycles. The molecule has 0 spiro atoms. The van der Waals surface area contributed by atoms with Crippen LogP contribution in [0.4, 0.5) is 4.79 Å². The van der Waals surface area contributed by atoms with Gasteiger partial charge in [-0.3, -0.25) is 0 Å². The van der Waals surface area contributed by atoms with Crippen LogP contribution in [-0.4, -0.2) is 12.8 Å². The van der Waals surface area contributed by atoms with E-state index in [1.165, 1.54) is 6.26 Å². The first kappa shape index (κ1) is 15.0. The molecule has 0 bridgehead atoms. The van der Waals surface area contributed by atoms with E-state index in [1.807, 2.05) is 37.3 Å². The van der Waals surface area contributed by atoms with Crippen molar-refractivity contribution < 1.29 is 14.3 Å². The predicted octanol–water partition coefficient (Wildman–Crippen LogP) is 4.56. The third kappa shape index (κ3) is 5.91. The van der Waals surface area contributed by atoms with Crippen molar-refractivity contribution in [3.05, 3.63) is 54.8 Å². The Morgan fingerprint density at radius 2 is 2.05 bits per heavy atom. The van der Waals surface area contributed by atoms with Crippen LogP contribution in [0, 0.1) is 0 Å². The highest BCUT2D eigenvalue weighted by atomic mass is 16.7. The molecule has 0 amide bonds. The zero-order valence-corrected chi connectivity index (χ0v) is 11.3. The van der Waals surface area contributed by atoms with Crippen LogP contribution < -0.4 is 0 Å². The SMILES string of the molecule is C=CCC(=COC(=O)OCCCC)c1ccccc1. The van der Waals surface area contributed by atoms with Crippen LogP contribution in [0.3, 0.4) is 0 Å². The predicted molar refractivity (Wildman–Crippen MR) is 76.6 cm³/mol. The van der Waals surface area contributed by atoms with Crippen molar-refractivity contribution in [3.8, 4) is 0 Å². The molecular formula is C16H20O3. The number of carbonyl (C=O) groups is 1. The topological polar surface area (TPSA) is 35.5 Å². The van der Waals surface area contributed by atoms with Crippen LogP contribution in [0.5, 0.6) is 0 Å². The molecule has 1 aromatic rings. The van der Waals surface area contributed by atoms with Gasteiger partial charge in [0.05, 0.1) is 6.61 Å². The molecule has 3 heteroatoms. The third-order valence-electron chi connectivity index (χ3n) is 2.52. The fourth-order valence-electron chi connectivity index (χ4n) is 1.49. The number of ether oxygens (including phenoxy) is 2. The summed E-state index contributed by atoms with van der Waals surface area (Å²) in [4.78, 5) is 11.3. The van der Waals surface area contributed by atoms with Crippen LogP contribution in [0.15, 0.2) is 49.2 Å². The van der Waals surface area contributed by atoms with Gasteiger partial charge in [-0.1, -0.05) is 49.8 Å². The molecule has 0 fully saturated rings. The number of rotatable bonds is 7. The third-order valence-corrected chi connectivity index (χ3v) is 2.52. The van der Waals surface area contributed by atoms with Crippen molar-refractivity contribution in [2.24, 2.45) is 0 Å². The average Bonchev–Trinajstić information content (AvgIpc) is 2.44. The van der Waals surface area contributed by atoms with Crippen molar-refractivity contribution >= 4 is 11.7 Å². The van der Waals surface area contributed by atoms with Crippen LogP contribution in [0.2, 0.25) is 0 Å². The molecule has 0 N–H and O–H groups in total. The minimum absolute atomic E-state index is 0.394. The molecule has 0 aliphatic heterocycles. The molecule has 0 saturated carbocycles. The van der Waals surface area contributed by atoms with Crippen LogP contribution >= 0.6 is 0 Å². The second-order valence-electron chi connectivity index (χ2n) is 4.07. The molecule has 0 heterocycles. The Balaban J connectivity index is 2.59. The van der Waals surface area contributed by atoms with Crippen molar-refractivity contribution in [2.45, 2.75) is 26.2 Å². The average molecular weight is 260 g/mol. The van der Waals surface area contributed by atoms with Crippen molar-refractivity contribution in [3.63, 3.8) is 0 Å². The monoisotopic (exact) mass is 260 g/mol. The van der Waals surface area contributed by atoms with Crippen molar-refractivity contribution in [1.82, 2.24) is 0 Å². The molecule has 0 radical (unpaired) electrons. The normalized spacial score (nSPS) is 10.9. The second kappa shape index (κ2) is 8.97. The Bertz CT molecular complexity index is 421. The van der Waals surface area contributed by atoms with E-state index in [0.717, 1.165) is 24.0 Å². The summed E-state index contributed by atoms with van der Waals surface area (Å²) in [5.74, 6) is 0. The van der Waals surface area contributed by atoms with E-state index < -0.39 is 6.16 Å². The Kier molecular flexibility index (Phi) is 7.10. The molecule has 0 atom stereocenters. The minimum Gasteiger partial charge on any atom is -0.434 e. The quantitative estimate of drug-likeness (QED) is 0.312. The number of hydrogen-bond acceptors (Lipinski definition) is 3. The number of carbonyl (C=O) groups excluding carboxylic acids is 1. The van der Waals surface area contributed by atoms with E-state index in [4.69, 9.17) is 9.47 Å². The number of allylic oxidation sites excluding steroid dienone is 2. The maximum Gasteiger partial charge on any atom is 0.513 e. The molecule has 0 aromatic heterocycles. The zero-order chi connectivity index (χ0) is 13.9. The van der Waals surface area contributed by atoms with Gasteiger partial charge in [0.1, 0.15) is 6.26 Å². The zero-order valence-electron chi connectivity index (χ0n) is 11.3. The first-order valence-corrected chi connectivity index (χ1v) is 6.46. The van der Waals surface area contributed by atoms with E-state index in [-0.39, 0.29) is 0 Å². The van der Waals surface area contributed by atoms with Gasteiger partial charge >= 0.3 is 6.16 Å².